The van der Waals surface area contributed by atoms with E-state index in [9.17, 15) is 4.79 Å². The number of carbonyl (C=O) groups is 1. The molecular weight excluding hydrogens is 483 g/mol. The molecule has 0 saturated heterocycles. The van der Waals surface area contributed by atoms with E-state index in [0.29, 0.717) is 12.6 Å². The van der Waals surface area contributed by atoms with E-state index in [0.717, 1.165) is 38.2 Å². The third-order valence-electron chi connectivity index (χ3n) is 4.80. The van der Waals surface area contributed by atoms with E-state index in [1.165, 1.54) is 0 Å². The number of nitrogens with one attached hydrogen (secondary N) is 3. The molecule has 0 spiro atoms. The number of guanidine groups is 1. The van der Waals surface area contributed by atoms with Gasteiger partial charge in [-0.1, -0.05) is 20.8 Å². The van der Waals surface area contributed by atoms with Crippen molar-refractivity contribution in [3.63, 3.8) is 0 Å². The maximum atomic E-state index is 11.9. The van der Waals surface area contributed by atoms with Crippen LogP contribution in [0.4, 0.5) is 4.79 Å². The molecule has 1 amide bonds. The minimum atomic E-state index is -0.465. The summed E-state index contributed by atoms with van der Waals surface area (Å²) in [5, 5.41) is 9.85. The zero-order chi connectivity index (χ0) is 21.4. The van der Waals surface area contributed by atoms with Crippen LogP contribution in [-0.4, -0.2) is 56.0 Å². The summed E-state index contributed by atoms with van der Waals surface area (Å²) in [6.07, 6.45) is 3.57. The average Bonchev–Trinajstić information content (AvgIpc) is 2.54. The number of methoxy groups -OCH3 is 1. The van der Waals surface area contributed by atoms with Gasteiger partial charge in [0, 0.05) is 25.7 Å². The lowest BCUT2D eigenvalue weighted by Gasteiger charge is -2.32. The van der Waals surface area contributed by atoms with Crippen molar-refractivity contribution in [2.24, 2.45) is 10.4 Å². The topological polar surface area (TPSA) is 84.0 Å². The molecule has 7 nitrogen and oxygen atoms in total. The second-order valence-corrected chi connectivity index (χ2v) is 9.65. The van der Waals surface area contributed by atoms with Crippen LogP contribution in [0.5, 0.6) is 0 Å². The lowest BCUT2D eigenvalue weighted by atomic mass is 9.89. The van der Waals surface area contributed by atoms with E-state index in [2.05, 4.69) is 43.6 Å². The van der Waals surface area contributed by atoms with Gasteiger partial charge in [-0.05, 0) is 58.8 Å². The van der Waals surface area contributed by atoms with Crippen molar-refractivity contribution in [3.05, 3.63) is 0 Å². The van der Waals surface area contributed by atoms with Gasteiger partial charge in [0.25, 0.3) is 0 Å². The van der Waals surface area contributed by atoms with E-state index >= 15 is 0 Å². The summed E-state index contributed by atoms with van der Waals surface area (Å²) < 4.78 is 11.0. The monoisotopic (exact) mass is 526 g/mol. The Labute approximate surface area is 194 Å². The summed E-state index contributed by atoms with van der Waals surface area (Å²) in [5.74, 6) is 0.831. The fourth-order valence-corrected chi connectivity index (χ4v) is 3.25. The van der Waals surface area contributed by atoms with Crippen LogP contribution in [0.25, 0.3) is 0 Å². The van der Waals surface area contributed by atoms with Gasteiger partial charge in [-0.15, -0.1) is 24.0 Å². The van der Waals surface area contributed by atoms with Crippen molar-refractivity contribution < 1.29 is 14.3 Å². The van der Waals surface area contributed by atoms with E-state index in [4.69, 9.17) is 14.5 Å². The number of hydrogen-bond acceptors (Lipinski definition) is 4. The number of carbonyl (C=O) groups excluding carboxylic acids is 1. The van der Waals surface area contributed by atoms with Crippen molar-refractivity contribution in [1.29, 1.82) is 0 Å². The molecule has 1 aliphatic carbocycles. The maximum absolute atomic E-state index is 11.9. The van der Waals surface area contributed by atoms with Gasteiger partial charge in [0.15, 0.2) is 5.96 Å². The number of hydrogen-bond donors (Lipinski definition) is 3. The number of alkyl carbamates (subject to hydrolysis) is 1. The molecule has 3 N–H and O–H groups in total. The zero-order valence-corrected chi connectivity index (χ0v) is 21.9. The van der Waals surface area contributed by atoms with Crippen LogP contribution in [0.1, 0.15) is 74.1 Å². The molecule has 1 unspecified atom stereocenters. The van der Waals surface area contributed by atoms with Crippen LogP contribution >= 0.6 is 24.0 Å². The number of ether oxygens (including phenoxy) is 2. The fraction of sp³-hybridized carbons (Fsp3) is 0.905. The molecule has 1 aliphatic rings. The molecule has 0 aromatic heterocycles. The maximum Gasteiger partial charge on any atom is 0.407 e. The first-order valence-corrected chi connectivity index (χ1v) is 10.5. The Balaban J connectivity index is 0.00000784. The summed E-state index contributed by atoms with van der Waals surface area (Å²) in [5.41, 5.74) is -0.423. The number of nitrogens with zero attached hydrogens (tertiary/aromatic N) is 1. The van der Waals surface area contributed by atoms with E-state index in [1.807, 2.05) is 20.8 Å². The molecule has 0 radical (unpaired) electrons. The molecule has 0 bridgehead atoms. The first kappa shape index (κ1) is 28.2. The SMILES string of the molecule is CCNC(=NCC(OC)C(C)(C)C)NC1CCC(NC(=O)OC(C)(C)C)CC1.I. The lowest BCUT2D eigenvalue weighted by Crippen LogP contribution is -2.48. The Morgan fingerprint density at radius 1 is 1.03 bits per heavy atom. The van der Waals surface area contributed by atoms with E-state index in [1.54, 1.807) is 7.11 Å². The van der Waals surface area contributed by atoms with Crippen molar-refractivity contribution >= 4 is 36.0 Å². The first-order chi connectivity index (χ1) is 12.9. The second kappa shape index (κ2) is 12.8. The van der Waals surface area contributed by atoms with Gasteiger partial charge in [-0.2, -0.15) is 0 Å². The molecule has 0 aromatic rings. The van der Waals surface area contributed by atoms with Gasteiger partial charge in [-0.3, -0.25) is 4.99 Å². The average molecular weight is 527 g/mol. The molecule has 1 atom stereocenters. The first-order valence-electron chi connectivity index (χ1n) is 10.5. The van der Waals surface area contributed by atoms with Crippen molar-refractivity contribution in [2.75, 3.05) is 20.2 Å². The molecular formula is C21H43IN4O3. The van der Waals surface area contributed by atoms with Gasteiger partial charge in [0.2, 0.25) is 0 Å². The predicted molar refractivity (Wildman–Crippen MR) is 130 cm³/mol. The third-order valence-corrected chi connectivity index (χ3v) is 4.80. The highest BCUT2D eigenvalue weighted by Gasteiger charge is 2.26. The van der Waals surface area contributed by atoms with Crippen LogP contribution in [0, 0.1) is 5.41 Å². The summed E-state index contributed by atoms with van der Waals surface area (Å²) >= 11 is 0. The zero-order valence-electron chi connectivity index (χ0n) is 19.6. The Bertz CT molecular complexity index is 507. The van der Waals surface area contributed by atoms with E-state index in [-0.39, 0.29) is 47.6 Å². The normalized spacial score (nSPS) is 21.6. The Kier molecular flexibility index (Phi) is 12.5. The standard InChI is InChI=1S/C21H42N4O3.HI/c1-9-22-18(23-14-17(27-8)20(2,3)4)24-15-10-12-16(13-11-15)25-19(26)28-21(5,6)7;/h15-17H,9-14H2,1-8H3,(H,25,26)(H2,22,23,24);1H. The van der Waals surface area contributed by atoms with Gasteiger partial charge in [-0.25, -0.2) is 4.79 Å². The van der Waals surface area contributed by atoms with Gasteiger partial charge in [0.1, 0.15) is 5.60 Å². The van der Waals surface area contributed by atoms with E-state index < -0.39 is 5.60 Å². The number of halogens is 1. The minimum Gasteiger partial charge on any atom is -0.444 e. The molecule has 0 heterocycles. The van der Waals surface area contributed by atoms with Crippen LogP contribution in [0.15, 0.2) is 4.99 Å². The Morgan fingerprint density at radius 2 is 1.55 bits per heavy atom. The molecule has 172 valence electrons. The molecule has 1 rings (SSSR count). The summed E-state index contributed by atoms with van der Waals surface area (Å²) in [6, 6.07) is 0.524. The quantitative estimate of drug-likeness (QED) is 0.276. The number of aliphatic imine (C=N–C) groups is 1. The van der Waals surface area contributed by atoms with Crippen molar-refractivity contribution in [2.45, 2.75) is 97.9 Å². The fourth-order valence-electron chi connectivity index (χ4n) is 3.25. The van der Waals surface area contributed by atoms with Gasteiger partial charge >= 0.3 is 6.09 Å². The summed E-state index contributed by atoms with van der Waals surface area (Å²) in [6.45, 7) is 15.6. The van der Waals surface area contributed by atoms with Crippen LogP contribution in [0.3, 0.4) is 0 Å². The predicted octanol–water partition coefficient (Wildman–Crippen LogP) is 4.06. The number of rotatable bonds is 6. The number of amides is 1. The molecule has 0 aromatic carbocycles. The van der Waals surface area contributed by atoms with Crippen molar-refractivity contribution in [1.82, 2.24) is 16.0 Å². The summed E-state index contributed by atoms with van der Waals surface area (Å²) in [4.78, 5) is 16.7. The highest BCUT2D eigenvalue weighted by atomic mass is 127. The van der Waals surface area contributed by atoms with Crippen LogP contribution in [0.2, 0.25) is 0 Å². The Morgan fingerprint density at radius 3 is 1.97 bits per heavy atom. The third kappa shape index (κ3) is 11.9. The molecule has 0 aliphatic heterocycles. The largest absolute Gasteiger partial charge is 0.444 e. The Hall–Kier alpha value is -0.770. The lowest BCUT2D eigenvalue weighted by molar-refractivity contribution is 0.0241. The van der Waals surface area contributed by atoms with Gasteiger partial charge in [0.05, 0.1) is 12.6 Å². The summed E-state index contributed by atoms with van der Waals surface area (Å²) in [7, 11) is 1.74. The molecule has 8 heteroatoms. The highest BCUT2D eigenvalue weighted by Crippen LogP contribution is 2.22. The van der Waals surface area contributed by atoms with Crippen molar-refractivity contribution in [3.8, 4) is 0 Å². The van der Waals surface area contributed by atoms with Gasteiger partial charge < -0.3 is 25.4 Å². The molecule has 29 heavy (non-hydrogen) atoms. The smallest absolute Gasteiger partial charge is 0.407 e. The second-order valence-electron chi connectivity index (χ2n) is 9.65. The van der Waals surface area contributed by atoms with Crippen LogP contribution in [-0.2, 0) is 9.47 Å². The molecule has 1 fully saturated rings. The highest BCUT2D eigenvalue weighted by molar-refractivity contribution is 14.0. The molecule has 1 saturated carbocycles. The van der Waals surface area contributed by atoms with Crippen LogP contribution < -0.4 is 16.0 Å². The minimum absolute atomic E-state index is 0.